The van der Waals surface area contributed by atoms with Gasteiger partial charge in [0.1, 0.15) is 0 Å². The minimum absolute atomic E-state index is 0.341. The molecule has 0 aliphatic carbocycles. The highest BCUT2D eigenvalue weighted by molar-refractivity contribution is 9.10. The SMILES string of the molecule is CS(=O)(=O)c1ccc(CNCc2ccc(Cl)c(Br)c2)cc1. The number of benzene rings is 2. The molecule has 2 aromatic carbocycles. The molecule has 0 amide bonds. The van der Waals surface area contributed by atoms with Gasteiger partial charge in [-0.2, -0.15) is 0 Å². The van der Waals surface area contributed by atoms with Gasteiger partial charge in [-0.15, -0.1) is 0 Å². The van der Waals surface area contributed by atoms with Crippen LogP contribution in [-0.4, -0.2) is 14.7 Å². The van der Waals surface area contributed by atoms with E-state index in [1.807, 2.05) is 30.3 Å². The van der Waals surface area contributed by atoms with Crippen LogP contribution in [0, 0.1) is 0 Å². The molecule has 0 unspecified atom stereocenters. The number of hydrogen-bond donors (Lipinski definition) is 1. The van der Waals surface area contributed by atoms with Crippen LogP contribution in [0.4, 0.5) is 0 Å². The van der Waals surface area contributed by atoms with Crippen molar-refractivity contribution in [3.05, 3.63) is 63.1 Å². The molecule has 0 radical (unpaired) electrons. The van der Waals surface area contributed by atoms with Crippen molar-refractivity contribution in [3.8, 4) is 0 Å². The van der Waals surface area contributed by atoms with E-state index in [1.54, 1.807) is 12.1 Å². The lowest BCUT2D eigenvalue weighted by molar-refractivity contribution is 0.602. The first kappa shape index (κ1) is 16.5. The summed E-state index contributed by atoms with van der Waals surface area (Å²) >= 11 is 9.34. The highest BCUT2D eigenvalue weighted by Gasteiger charge is 2.06. The van der Waals surface area contributed by atoms with Crippen molar-refractivity contribution in [3.63, 3.8) is 0 Å². The monoisotopic (exact) mass is 387 g/mol. The zero-order valence-corrected chi connectivity index (χ0v) is 14.6. The summed E-state index contributed by atoms with van der Waals surface area (Å²) in [5.41, 5.74) is 2.16. The average Bonchev–Trinajstić information content (AvgIpc) is 2.42. The lowest BCUT2D eigenvalue weighted by Crippen LogP contribution is -2.12. The predicted octanol–water partition coefficient (Wildman–Crippen LogP) is 3.80. The Labute approximate surface area is 138 Å². The van der Waals surface area contributed by atoms with E-state index in [4.69, 9.17) is 11.6 Å². The molecule has 0 aromatic heterocycles. The standard InChI is InChI=1S/C15H15BrClNO2S/c1-21(19,20)13-5-2-11(3-6-13)9-18-10-12-4-7-15(17)14(16)8-12/h2-8,18H,9-10H2,1H3. The quantitative estimate of drug-likeness (QED) is 0.847. The van der Waals surface area contributed by atoms with E-state index in [2.05, 4.69) is 21.2 Å². The Morgan fingerprint density at radius 3 is 2.19 bits per heavy atom. The van der Waals surface area contributed by atoms with Gasteiger partial charge in [-0.25, -0.2) is 8.42 Å². The van der Waals surface area contributed by atoms with E-state index < -0.39 is 9.84 Å². The fourth-order valence-electron chi connectivity index (χ4n) is 1.86. The Morgan fingerprint density at radius 2 is 1.62 bits per heavy atom. The Bertz CT molecular complexity index is 730. The van der Waals surface area contributed by atoms with Crippen LogP contribution in [0.1, 0.15) is 11.1 Å². The second kappa shape index (κ2) is 6.92. The van der Waals surface area contributed by atoms with Crippen molar-refractivity contribution >= 4 is 37.4 Å². The maximum Gasteiger partial charge on any atom is 0.175 e. The smallest absolute Gasteiger partial charge is 0.175 e. The largest absolute Gasteiger partial charge is 0.309 e. The zero-order valence-electron chi connectivity index (χ0n) is 11.4. The molecule has 0 saturated heterocycles. The first-order valence-electron chi connectivity index (χ1n) is 6.30. The second-order valence-corrected chi connectivity index (χ2v) is 8.05. The van der Waals surface area contributed by atoms with Gasteiger partial charge in [0.15, 0.2) is 9.84 Å². The summed E-state index contributed by atoms with van der Waals surface area (Å²) in [5.74, 6) is 0. The summed E-state index contributed by atoms with van der Waals surface area (Å²) in [6.45, 7) is 1.38. The van der Waals surface area contributed by atoms with Crippen LogP contribution >= 0.6 is 27.5 Å². The van der Waals surface area contributed by atoms with Crippen LogP contribution in [-0.2, 0) is 22.9 Å². The average molecular weight is 389 g/mol. The van der Waals surface area contributed by atoms with Gasteiger partial charge in [-0.1, -0.05) is 29.8 Å². The fourth-order valence-corrected chi connectivity index (χ4v) is 3.03. The maximum absolute atomic E-state index is 11.4. The Morgan fingerprint density at radius 1 is 1.05 bits per heavy atom. The lowest BCUT2D eigenvalue weighted by Gasteiger charge is -2.07. The zero-order chi connectivity index (χ0) is 15.5. The summed E-state index contributed by atoms with van der Waals surface area (Å²) in [5, 5.41) is 4.00. The minimum atomic E-state index is -3.13. The van der Waals surface area contributed by atoms with Crippen LogP contribution in [0.25, 0.3) is 0 Å². The van der Waals surface area contributed by atoms with Crippen molar-refractivity contribution in [2.45, 2.75) is 18.0 Å². The third-order valence-electron chi connectivity index (χ3n) is 2.99. The molecule has 0 aliphatic rings. The van der Waals surface area contributed by atoms with Gasteiger partial charge in [0.2, 0.25) is 0 Å². The van der Waals surface area contributed by atoms with Gasteiger partial charge in [0.05, 0.1) is 9.92 Å². The summed E-state index contributed by atoms with van der Waals surface area (Å²) in [4.78, 5) is 0.341. The molecule has 112 valence electrons. The molecule has 21 heavy (non-hydrogen) atoms. The van der Waals surface area contributed by atoms with Crippen LogP contribution in [0.15, 0.2) is 51.8 Å². The van der Waals surface area contributed by atoms with Crippen molar-refractivity contribution in [2.24, 2.45) is 0 Å². The normalized spacial score (nSPS) is 11.6. The first-order chi connectivity index (χ1) is 9.86. The van der Waals surface area contributed by atoms with E-state index in [9.17, 15) is 8.42 Å². The highest BCUT2D eigenvalue weighted by Crippen LogP contribution is 2.23. The molecule has 3 nitrogen and oxygen atoms in total. The number of halogens is 2. The molecule has 0 heterocycles. The van der Waals surface area contributed by atoms with Gasteiger partial charge in [-0.3, -0.25) is 0 Å². The molecular weight excluding hydrogens is 374 g/mol. The topological polar surface area (TPSA) is 46.2 Å². The van der Waals surface area contributed by atoms with Crippen molar-refractivity contribution < 1.29 is 8.42 Å². The molecule has 0 saturated carbocycles. The van der Waals surface area contributed by atoms with Crippen LogP contribution in [0.2, 0.25) is 5.02 Å². The lowest BCUT2D eigenvalue weighted by atomic mass is 10.2. The number of rotatable bonds is 5. The van der Waals surface area contributed by atoms with E-state index in [0.717, 1.165) is 15.6 Å². The van der Waals surface area contributed by atoms with Crippen LogP contribution < -0.4 is 5.32 Å². The van der Waals surface area contributed by atoms with Crippen molar-refractivity contribution in [1.29, 1.82) is 0 Å². The fraction of sp³-hybridized carbons (Fsp3) is 0.200. The Kier molecular flexibility index (Phi) is 5.43. The van der Waals surface area contributed by atoms with Gasteiger partial charge < -0.3 is 5.32 Å². The molecule has 6 heteroatoms. The second-order valence-electron chi connectivity index (χ2n) is 4.77. The highest BCUT2D eigenvalue weighted by atomic mass is 79.9. The maximum atomic E-state index is 11.4. The van der Waals surface area contributed by atoms with Gasteiger partial charge in [0.25, 0.3) is 0 Å². The van der Waals surface area contributed by atoms with Gasteiger partial charge in [0, 0.05) is 23.8 Å². The van der Waals surface area contributed by atoms with Crippen molar-refractivity contribution in [2.75, 3.05) is 6.26 Å². The molecule has 0 spiro atoms. The number of hydrogen-bond acceptors (Lipinski definition) is 3. The van der Waals surface area contributed by atoms with E-state index in [1.165, 1.54) is 6.26 Å². The predicted molar refractivity (Wildman–Crippen MR) is 89.2 cm³/mol. The third-order valence-corrected chi connectivity index (χ3v) is 5.34. The van der Waals surface area contributed by atoms with Crippen LogP contribution in [0.5, 0.6) is 0 Å². The summed E-state index contributed by atoms with van der Waals surface area (Å²) in [7, 11) is -3.13. The number of sulfone groups is 1. The molecule has 0 aliphatic heterocycles. The third kappa shape index (κ3) is 4.81. The van der Waals surface area contributed by atoms with Gasteiger partial charge >= 0.3 is 0 Å². The number of nitrogens with one attached hydrogen (secondary N) is 1. The Balaban J connectivity index is 1.93. The first-order valence-corrected chi connectivity index (χ1v) is 9.36. The summed E-state index contributed by atoms with van der Waals surface area (Å²) < 4.78 is 23.6. The molecule has 0 atom stereocenters. The van der Waals surface area contributed by atoms with E-state index >= 15 is 0 Å². The summed E-state index contributed by atoms with van der Waals surface area (Å²) in [6.07, 6.45) is 1.21. The Hall–Kier alpha value is -0.880. The van der Waals surface area contributed by atoms with Crippen molar-refractivity contribution in [1.82, 2.24) is 5.32 Å². The molecule has 0 bridgehead atoms. The van der Waals surface area contributed by atoms with Gasteiger partial charge in [-0.05, 0) is 51.3 Å². The van der Waals surface area contributed by atoms with E-state index in [0.29, 0.717) is 23.0 Å². The molecule has 2 aromatic rings. The summed E-state index contributed by atoms with van der Waals surface area (Å²) in [6, 6.07) is 12.7. The molecule has 0 fully saturated rings. The van der Waals surface area contributed by atoms with Crippen LogP contribution in [0.3, 0.4) is 0 Å². The minimum Gasteiger partial charge on any atom is -0.309 e. The molecule has 1 N–H and O–H groups in total. The molecular formula is C15H15BrClNO2S. The van der Waals surface area contributed by atoms with E-state index in [-0.39, 0.29) is 0 Å². The molecule has 2 rings (SSSR count).